The SMILES string of the molecule is CC(C)(C)n1ncc2c1CCC[C@@H]2NCc1ccc2c(c1)OCCO2. The second-order valence-corrected chi connectivity index (χ2v) is 7.93. The minimum Gasteiger partial charge on any atom is -0.486 e. The van der Waals surface area contributed by atoms with E-state index in [2.05, 4.69) is 54.2 Å². The van der Waals surface area contributed by atoms with Gasteiger partial charge in [0, 0.05) is 23.8 Å². The molecule has 25 heavy (non-hydrogen) atoms. The maximum Gasteiger partial charge on any atom is 0.161 e. The molecule has 2 aromatic rings. The van der Waals surface area contributed by atoms with Gasteiger partial charge in [-0.1, -0.05) is 6.07 Å². The molecule has 0 saturated heterocycles. The van der Waals surface area contributed by atoms with Crippen LogP contribution < -0.4 is 14.8 Å². The van der Waals surface area contributed by atoms with Crippen LogP contribution in [0.3, 0.4) is 0 Å². The van der Waals surface area contributed by atoms with E-state index in [9.17, 15) is 0 Å². The number of nitrogens with one attached hydrogen (secondary N) is 1. The van der Waals surface area contributed by atoms with Gasteiger partial charge in [-0.15, -0.1) is 0 Å². The number of aromatic nitrogens is 2. The van der Waals surface area contributed by atoms with Crippen molar-refractivity contribution in [3.8, 4) is 11.5 Å². The molecule has 1 aromatic heterocycles. The monoisotopic (exact) mass is 341 g/mol. The molecule has 0 bridgehead atoms. The predicted octanol–water partition coefficient (Wildman–Crippen LogP) is 3.58. The van der Waals surface area contributed by atoms with E-state index in [-0.39, 0.29) is 5.54 Å². The third-order valence-corrected chi connectivity index (χ3v) is 4.98. The summed E-state index contributed by atoms with van der Waals surface area (Å²) in [7, 11) is 0. The van der Waals surface area contributed by atoms with Crippen LogP contribution in [0.25, 0.3) is 0 Å². The molecule has 1 N–H and O–H groups in total. The summed E-state index contributed by atoms with van der Waals surface area (Å²) in [4.78, 5) is 0. The quantitative estimate of drug-likeness (QED) is 0.927. The molecule has 2 heterocycles. The molecule has 0 spiro atoms. The number of hydrogen-bond donors (Lipinski definition) is 1. The summed E-state index contributed by atoms with van der Waals surface area (Å²) in [6, 6.07) is 6.58. The maximum atomic E-state index is 5.69. The smallest absolute Gasteiger partial charge is 0.161 e. The minimum absolute atomic E-state index is 0.0330. The average molecular weight is 341 g/mol. The van der Waals surface area contributed by atoms with Crippen molar-refractivity contribution in [1.82, 2.24) is 15.1 Å². The summed E-state index contributed by atoms with van der Waals surface area (Å²) in [5.74, 6) is 1.71. The van der Waals surface area contributed by atoms with E-state index in [1.54, 1.807) is 0 Å². The van der Waals surface area contributed by atoms with Crippen molar-refractivity contribution in [2.24, 2.45) is 0 Å². The first-order valence-corrected chi connectivity index (χ1v) is 9.21. The normalized spacial score (nSPS) is 19.6. The molecular formula is C20H27N3O2. The summed E-state index contributed by atoms with van der Waals surface area (Å²) < 4.78 is 13.5. The van der Waals surface area contributed by atoms with E-state index in [1.165, 1.54) is 23.2 Å². The van der Waals surface area contributed by atoms with Gasteiger partial charge in [0.05, 0.1) is 11.7 Å². The van der Waals surface area contributed by atoms with Crippen molar-refractivity contribution >= 4 is 0 Å². The van der Waals surface area contributed by atoms with Crippen LogP contribution in [0.4, 0.5) is 0 Å². The fourth-order valence-corrected chi connectivity index (χ4v) is 3.79. The fourth-order valence-electron chi connectivity index (χ4n) is 3.79. The third kappa shape index (κ3) is 3.25. The summed E-state index contributed by atoms with van der Waals surface area (Å²) in [5.41, 5.74) is 4.00. The molecule has 0 unspecified atom stereocenters. The summed E-state index contributed by atoms with van der Waals surface area (Å²) >= 11 is 0. The van der Waals surface area contributed by atoms with Crippen LogP contribution in [0.15, 0.2) is 24.4 Å². The highest BCUT2D eigenvalue weighted by atomic mass is 16.6. The lowest BCUT2D eigenvalue weighted by molar-refractivity contribution is 0.171. The van der Waals surface area contributed by atoms with Gasteiger partial charge in [0.1, 0.15) is 13.2 Å². The van der Waals surface area contributed by atoms with E-state index in [4.69, 9.17) is 9.47 Å². The Hall–Kier alpha value is -2.01. The van der Waals surface area contributed by atoms with Crippen LogP contribution >= 0.6 is 0 Å². The van der Waals surface area contributed by atoms with Gasteiger partial charge in [-0.3, -0.25) is 4.68 Å². The lowest BCUT2D eigenvalue weighted by atomic mass is 9.92. The van der Waals surface area contributed by atoms with Gasteiger partial charge < -0.3 is 14.8 Å². The van der Waals surface area contributed by atoms with Gasteiger partial charge in [0.15, 0.2) is 11.5 Å². The van der Waals surface area contributed by atoms with Gasteiger partial charge >= 0.3 is 0 Å². The van der Waals surface area contributed by atoms with Gasteiger partial charge in [0.2, 0.25) is 0 Å². The molecular weight excluding hydrogens is 314 g/mol. The van der Waals surface area contributed by atoms with Gasteiger partial charge in [-0.05, 0) is 57.7 Å². The zero-order valence-corrected chi connectivity index (χ0v) is 15.3. The van der Waals surface area contributed by atoms with Crippen LogP contribution in [-0.4, -0.2) is 23.0 Å². The lowest BCUT2D eigenvalue weighted by Gasteiger charge is -2.28. The zero-order chi connectivity index (χ0) is 17.4. The Bertz CT molecular complexity index is 761. The second kappa shape index (κ2) is 6.37. The zero-order valence-electron chi connectivity index (χ0n) is 15.3. The maximum absolute atomic E-state index is 5.69. The molecule has 0 saturated carbocycles. The molecule has 5 heteroatoms. The predicted molar refractivity (Wildman–Crippen MR) is 97.2 cm³/mol. The number of benzene rings is 1. The summed E-state index contributed by atoms with van der Waals surface area (Å²) in [6.07, 6.45) is 5.54. The fraction of sp³-hybridized carbons (Fsp3) is 0.550. The van der Waals surface area contributed by atoms with Crippen LogP contribution in [0.5, 0.6) is 11.5 Å². The molecule has 1 aliphatic heterocycles. The van der Waals surface area contributed by atoms with Gasteiger partial charge in [-0.25, -0.2) is 0 Å². The lowest BCUT2D eigenvalue weighted by Crippen LogP contribution is -2.29. The molecule has 0 amide bonds. The summed E-state index contributed by atoms with van der Waals surface area (Å²) in [5, 5.41) is 8.39. The van der Waals surface area contributed by atoms with E-state index >= 15 is 0 Å². The standard InChI is InChI=1S/C20H27N3O2/c1-20(2,3)23-17-6-4-5-16(15(17)13-22-23)21-12-14-7-8-18-19(11-14)25-10-9-24-18/h7-8,11,13,16,21H,4-6,9-10,12H2,1-3H3/t16-/m0/s1. The molecule has 0 fully saturated rings. The number of fused-ring (bicyclic) bond motifs is 2. The number of rotatable bonds is 3. The first-order valence-electron chi connectivity index (χ1n) is 9.21. The summed E-state index contributed by atoms with van der Waals surface area (Å²) in [6.45, 7) is 8.72. The third-order valence-electron chi connectivity index (χ3n) is 4.98. The molecule has 1 aliphatic carbocycles. The Morgan fingerprint density at radius 3 is 2.80 bits per heavy atom. The molecule has 134 valence electrons. The minimum atomic E-state index is 0.0330. The topological polar surface area (TPSA) is 48.3 Å². The number of hydrogen-bond acceptors (Lipinski definition) is 4. The Balaban J connectivity index is 1.49. The van der Waals surface area contributed by atoms with Gasteiger partial charge in [-0.2, -0.15) is 5.10 Å². The van der Waals surface area contributed by atoms with Crippen molar-refractivity contribution in [1.29, 1.82) is 0 Å². The average Bonchev–Trinajstić information content (AvgIpc) is 3.05. The van der Waals surface area contributed by atoms with E-state index in [0.717, 1.165) is 30.9 Å². The van der Waals surface area contributed by atoms with Gasteiger partial charge in [0.25, 0.3) is 0 Å². The Morgan fingerprint density at radius 2 is 2.00 bits per heavy atom. The highest BCUT2D eigenvalue weighted by Crippen LogP contribution is 2.34. The molecule has 1 aromatic carbocycles. The first-order chi connectivity index (χ1) is 12.0. The van der Waals surface area contributed by atoms with Crippen LogP contribution in [0, 0.1) is 0 Å². The second-order valence-electron chi connectivity index (χ2n) is 7.93. The van der Waals surface area contributed by atoms with Crippen LogP contribution in [0.1, 0.15) is 56.5 Å². The van der Waals surface area contributed by atoms with E-state index in [1.807, 2.05) is 6.07 Å². The molecule has 4 rings (SSSR count). The van der Waals surface area contributed by atoms with Crippen molar-refractivity contribution in [2.45, 2.75) is 58.2 Å². The molecule has 2 aliphatic rings. The van der Waals surface area contributed by atoms with E-state index in [0.29, 0.717) is 19.3 Å². The van der Waals surface area contributed by atoms with Crippen LogP contribution in [-0.2, 0) is 18.5 Å². The largest absolute Gasteiger partial charge is 0.486 e. The molecule has 5 nitrogen and oxygen atoms in total. The van der Waals surface area contributed by atoms with Crippen molar-refractivity contribution < 1.29 is 9.47 Å². The van der Waals surface area contributed by atoms with Crippen molar-refractivity contribution in [3.63, 3.8) is 0 Å². The Morgan fingerprint density at radius 1 is 1.20 bits per heavy atom. The molecule has 0 radical (unpaired) electrons. The Labute approximate surface area is 149 Å². The van der Waals surface area contributed by atoms with E-state index < -0.39 is 0 Å². The molecule has 1 atom stereocenters. The number of nitrogens with zero attached hydrogens (tertiary/aromatic N) is 2. The van der Waals surface area contributed by atoms with Crippen LogP contribution in [0.2, 0.25) is 0 Å². The highest BCUT2D eigenvalue weighted by molar-refractivity contribution is 5.43. The van der Waals surface area contributed by atoms with Crippen molar-refractivity contribution in [3.05, 3.63) is 41.2 Å². The first kappa shape index (κ1) is 16.5. The number of ether oxygens (including phenoxy) is 2. The Kier molecular flexibility index (Phi) is 4.20. The van der Waals surface area contributed by atoms with Crippen molar-refractivity contribution in [2.75, 3.05) is 13.2 Å². The highest BCUT2D eigenvalue weighted by Gasteiger charge is 2.27.